The molecule has 1 aliphatic heterocycles. The smallest absolute Gasteiger partial charge is 0.387 e. The van der Waals surface area contributed by atoms with Gasteiger partial charge in [0.2, 0.25) is 0 Å². The van der Waals surface area contributed by atoms with Crippen molar-refractivity contribution < 1.29 is 36.6 Å². The number of likely N-dealkylation sites (tertiary alicyclic amines) is 1. The van der Waals surface area contributed by atoms with Crippen molar-refractivity contribution >= 4 is 16.8 Å². The lowest BCUT2D eigenvalue weighted by molar-refractivity contribution is -0.189. The molecule has 208 valence electrons. The molecule has 0 atom stereocenters. The molecule has 3 heterocycles. The first kappa shape index (κ1) is 26.9. The third-order valence-electron chi connectivity index (χ3n) is 6.51. The van der Waals surface area contributed by atoms with Crippen LogP contribution < -0.4 is 9.47 Å². The van der Waals surface area contributed by atoms with Crippen LogP contribution in [0.4, 0.5) is 17.6 Å². The number of hydrogen-bond donors (Lipinski definition) is 0. The molecule has 0 radical (unpaired) electrons. The van der Waals surface area contributed by atoms with E-state index in [4.69, 9.17) is 9.47 Å². The number of rotatable bonds is 8. The number of ether oxygens (including phenoxy) is 3. The Morgan fingerprint density at radius 3 is 2.38 bits per heavy atom. The predicted molar refractivity (Wildman–Crippen MR) is 133 cm³/mol. The van der Waals surface area contributed by atoms with Gasteiger partial charge in [-0.3, -0.25) is 14.2 Å². The van der Waals surface area contributed by atoms with E-state index in [2.05, 4.69) is 21.0 Å². The van der Waals surface area contributed by atoms with Crippen LogP contribution in [0.15, 0.2) is 36.7 Å². The normalized spacial score (nSPS) is 13.7. The highest BCUT2D eigenvalue weighted by atomic mass is 19.3. The summed E-state index contributed by atoms with van der Waals surface area (Å²) in [6.07, 6.45) is 2.57. The maximum Gasteiger partial charge on any atom is 0.387 e. The van der Waals surface area contributed by atoms with Gasteiger partial charge in [-0.15, -0.1) is 0 Å². The van der Waals surface area contributed by atoms with E-state index in [1.165, 1.54) is 23.9 Å². The number of nitriles is 1. The summed E-state index contributed by atoms with van der Waals surface area (Å²) in [5.41, 5.74) is 2.63. The first-order valence-corrected chi connectivity index (χ1v) is 11.9. The second-order valence-electron chi connectivity index (χ2n) is 9.06. The van der Waals surface area contributed by atoms with Crippen LogP contribution in [0.1, 0.15) is 15.9 Å². The molecule has 1 saturated heterocycles. The topological polar surface area (TPSA) is 107 Å². The number of methoxy groups -OCH3 is 1. The summed E-state index contributed by atoms with van der Waals surface area (Å²) in [5.74, 6) is -1.31. The van der Waals surface area contributed by atoms with Crippen LogP contribution in [0.2, 0.25) is 0 Å². The zero-order valence-electron chi connectivity index (χ0n) is 21.4. The number of nitrogens with zero attached hydrogens (tertiary/aromatic N) is 6. The van der Waals surface area contributed by atoms with Crippen molar-refractivity contribution in [3.05, 3.63) is 47.8 Å². The third kappa shape index (κ3) is 4.91. The van der Waals surface area contributed by atoms with Crippen molar-refractivity contribution in [1.29, 1.82) is 5.26 Å². The van der Waals surface area contributed by atoms with Crippen LogP contribution in [0, 0.1) is 11.3 Å². The van der Waals surface area contributed by atoms with Gasteiger partial charge in [0.25, 0.3) is 5.91 Å². The minimum Gasteiger partial charge on any atom is -0.496 e. The Bertz CT molecular complexity index is 1640. The van der Waals surface area contributed by atoms with E-state index in [0.29, 0.717) is 27.7 Å². The van der Waals surface area contributed by atoms with E-state index in [9.17, 15) is 27.6 Å². The number of carbonyl (C=O) groups excluding carboxylic acids is 1. The summed E-state index contributed by atoms with van der Waals surface area (Å²) < 4.78 is 69.6. The van der Waals surface area contributed by atoms with Gasteiger partial charge >= 0.3 is 13.2 Å². The molecule has 1 fully saturated rings. The molecule has 0 N–H and O–H groups in total. The molecule has 0 aliphatic carbocycles. The van der Waals surface area contributed by atoms with Crippen LogP contribution in [0.5, 0.6) is 11.5 Å². The molecule has 5 rings (SSSR count). The van der Waals surface area contributed by atoms with Gasteiger partial charge in [0.1, 0.15) is 17.1 Å². The molecule has 2 aromatic heterocycles. The van der Waals surface area contributed by atoms with Crippen molar-refractivity contribution in [2.24, 2.45) is 14.1 Å². The second-order valence-corrected chi connectivity index (χ2v) is 9.06. The minimum atomic E-state index is -3.28. The molecule has 1 aliphatic rings. The number of fused-ring (bicyclic) bond motifs is 1. The summed E-state index contributed by atoms with van der Waals surface area (Å²) in [6.45, 7) is -6.59. The van der Waals surface area contributed by atoms with Gasteiger partial charge in [-0.2, -0.15) is 33.0 Å². The average molecular weight is 558 g/mol. The van der Waals surface area contributed by atoms with Crippen LogP contribution in [0.25, 0.3) is 33.3 Å². The zero-order chi connectivity index (χ0) is 28.7. The lowest BCUT2D eigenvalue weighted by Crippen LogP contribution is -2.55. The number of amides is 1. The monoisotopic (exact) mass is 558 g/mol. The van der Waals surface area contributed by atoms with Crippen LogP contribution in [-0.4, -0.2) is 69.9 Å². The number of aryl methyl sites for hydroxylation is 2. The maximum atomic E-state index is 13.5. The van der Waals surface area contributed by atoms with Gasteiger partial charge in [-0.25, -0.2) is 0 Å². The van der Waals surface area contributed by atoms with Gasteiger partial charge in [-0.1, -0.05) is 0 Å². The van der Waals surface area contributed by atoms with Gasteiger partial charge in [0.05, 0.1) is 42.3 Å². The molecule has 0 spiro atoms. The summed E-state index contributed by atoms with van der Waals surface area (Å²) in [7, 11) is 4.65. The number of aromatic nitrogens is 4. The molecule has 14 heteroatoms. The molecule has 40 heavy (non-hydrogen) atoms. The standard InChI is InChI=1S/C26H22F4N6O4/c1-34-10-16(9-32-34)13-4-15(8-31)21-18(5-13)33-35(2)23(21)14-6-19(38-3)22(20(7-14)40-26(29)30)24(37)36-11-17(12-36)39-25(27)28/h4-7,9-10,17,25-26H,11-12H2,1-3H3. The molecule has 10 nitrogen and oxygen atoms in total. The van der Waals surface area contributed by atoms with E-state index in [1.54, 1.807) is 43.3 Å². The zero-order valence-corrected chi connectivity index (χ0v) is 21.4. The summed E-state index contributed by atoms with van der Waals surface area (Å²) in [6, 6.07) is 8.32. The first-order chi connectivity index (χ1) is 19.1. The van der Waals surface area contributed by atoms with Crippen molar-refractivity contribution in [1.82, 2.24) is 24.5 Å². The predicted octanol–water partition coefficient (Wildman–Crippen LogP) is 4.19. The van der Waals surface area contributed by atoms with E-state index < -0.39 is 31.0 Å². The SMILES string of the molecule is COc1cc(-c2c3c(C#N)cc(-c4cnn(C)c4)cc3nn2C)cc(OC(F)F)c1C(=O)N1CC(OC(F)F)C1. The number of benzene rings is 2. The largest absolute Gasteiger partial charge is 0.496 e. The Hall–Kier alpha value is -4.64. The third-order valence-corrected chi connectivity index (χ3v) is 6.51. The highest BCUT2D eigenvalue weighted by Gasteiger charge is 2.37. The Morgan fingerprint density at radius 2 is 1.77 bits per heavy atom. The summed E-state index contributed by atoms with van der Waals surface area (Å²) in [4.78, 5) is 14.4. The van der Waals surface area contributed by atoms with Gasteiger partial charge in [0.15, 0.2) is 0 Å². The lowest BCUT2D eigenvalue weighted by atomic mass is 9.97. The molecule has 2 aromatic carbocycles. The molecule has 0 unspecified atom stereocenters. The molecule has 0 saturated carbocycles. The van der Waals surface area contributed by atoms with Crippen molar-refractivity contribution in [3.8, 4) is 40.0 Å². The van der Waals surface area contributed by atoms with Gasteiger partial charge in [0, 0.05) is 49.9 Å². The Morgan fingerprint density at radius 1 is 1.05 bits per heavy atom. The van der Waals surface area contributed by atoms with E-state index in [1.807, 2.05) is 0 Å². The molecular weight excluding hydrogens is 536 g/mol. The maximum absolute atomic E-state index is 13.5. The van der Waals surface area contributed by atoms with Crippen LogP contribution in [0.3, 0.4) is 0 Å². The number of hydrogen-bond acceptors (Lipinski definition) is 7. The fourth-order valence-electron chi connectivity index (χ4n) is 4.77. The van der Waals surface area contributed by atoms with Crippen molar-refractivity contribution in [3.63, 3.8) is 0 Å². The first-order valence-electron chi connectivity index (χ1n) is 11.9. The van der Waals surface area contributed by atoms with Crippen LogP contribution in [-0.2, 0) is 18.8 Å². The van der Waals surface area contributed by atoms with Crippen molar-refractivity contribution in [2.75, 3.05) is 20.2 Å². The Balaban J connectivity index is 1.62. The Labute approximate surface area is 224 Å². The number of carbonyl (C=O) groups is 1. The second kappa shape index (κ2) is 10.5. The van der Waals surface area contributed by atoms with E-state index >= 15 is 0 Å². The van der Waals surface area contributed by atoms with Gasteiger partial charge < -0.3 is 19.1 Å². The van der Waals surface area contributed by atoms with Gasteiger partial charge in [-0.05, 0) is 29.8 Å². The highest BCUT2D eigenvalue weighted by molar-refractivity contribution is 6.04. The fraction of sp³-hybridized carbons (Fsp3) is 0.308. The number of halogens is 4. The highest BCUT2D eigenvalue weighted by Crippen LogP contribution is 2.41. The lowest BCUT2D eigenvalue weighted by Gasteiger charge is -2.38. The van der Waals surface area contributed by atoms with E-state index in [-0.39, 0.29) is 30.0 Å². The average Bonchev–Trinajstić information content (AvgIpc) is 3.46. The molecule has 4 aromatic rings. The van der Waals surface area contributed by atoms with E-state index in [0.717, 1.165) is 10.5 Å². The summed E-state index contributed by atoms with van der Waals surface area (Å²) >= 11 is 0. The quantitative estimate of drug-likeness (QED) is 0.299. The molecule has 1 amide bonds. The fourth-order valence-corrected chi connectivity index (χ4v) is 4.77. The number of alkyl halides is 4. The molecule has 0 bridgehead atoms. The van der Waals surface area contributed by atoms with Crippen LogP contribution >= 0.6 is 0 Å². The molecular formula is C26H22F4N6O4. The Kier molecular flexibility index (Phi) is 7.07. The minimum absolute atomic E-state index is 0.0868. The summed E-state index contributed by atoms with van der Waals surface area (Å²) in [5, 5.41) is 19.1. The van der Waals surface area contributed by atoms with Crippen molar-refractivity contribution in [2.45, 2.75) is 19.3 Å².